The fraction of sp³-hybridized carbons (Fsp3) is 0.727. The Kier molecular flexibility index (Phi) is 4.99. The van der Waals surface area contributed by atoms with Crippen LogP contribution >= 0.6 is 11.6 Å². The number of carboxylic acid groups (broad SMARTS) is 1. The molecule has 0 unspecified atom stereocenters. The minimum Gasteiger partial charge on any atom is -0.480 e. The summed E-state index contributed by atoms with van der Waals surface area (Å²) in [5, 5.41) is 15.1. The lowest BCUT2D eigenvalue weighted by molar-refractivity contribution is -0.140. The van der Waals surface area contributed by atoms with Crippen LogP contribution in [-0.4, -0.2) is 40.1 Å². The molecule has 1 rings (SSSR count). The summed E-state index contributed by atoms with van der Waals surface area (Å²) in [5.74, 6) is -1.17. The molecule has 0 spiro atoms. The SMILES string of the molecule is CC(C)(C)OC(=O)N[C@@H](C[C@H]1CC(Cl)=NO1)C(=O)O. The second-order valence-electron chi connectivity index (χ2n) is 5.17. The third-order valence-electron chi connectivity index (χ3n) is 2.18. The van der Waals surface area contributed by atoms with E-state index in [-0.39, 0.29) is 11.6 Å². The van der Waals surface area contributed by atoms with Crippen molar-refractivity contribution >= 4 is 28.8 Å². The Hall–Kier alpha value is -1.50. The molecule has 0 aromatic carbocycles. The number of hydrogen-bond acceptors (Lipinski definition) is 5. The maximum absolute atomic E-state index is 11.5. The molecule has 8 heteroatoms. The largest absolute Gasteiger partial charge is 0.480 e. The number of rotatable bonds is 4. The van der Waals surface area contributed by atoms with E-state index in [1.807, 2.05) is 0 Å². The average molecular weight is 293 g/mol. The minimum absolute atomic E-state index is 0.0638. The van der Waals surface area contributed by atoms with Gasteiger partial charge in [0.15, 0.2) is 0 Å². The molecular weight excluding hydrogens is 276 g/mol. The third kappa shape index (κ3) is 5.78. The van der Waals surface area contributed by atoms with Crippen molar-refractivity contribution in [3.63, 3.8) is 0 Å². The fourth-order valence-corrected chi connectivity index (χ4v) is 1.67. The molecule has 19 heavy (non-hydrogen) atoms. The molecule has 1 heterocycles. The van der Waals surface area contributed by atoms with Crippen LogP contribution in [0, 0.1) is 0 Å². The Labute approximate surface area is 115 Å². The second-order valence-corrected chi connectivity index (χ2v) is 5.61. The topological polar surface area (TPSA) is 97.2 Å². The van der Waals surface area contributed by atoms with Crippen molar-refractivity contribution in [2.75, 3.05) is 0 Å². The van der Waals surface area contributed by atoms with Gasteiger partial charge in [-0.3, -0.25) is 0 Å². The van der Waals surface area contributed by atoms with Crippen LogP contribution in [0.2, 0.25) is 0 Å². The normalized spacial score (nSPS) is 20.2. The third-order valence-corrected chi connectivity index (χ3v) is 2.41. The van der Waals surface area contributed by atoms with Gasteiger partial charge in [-0.1, -0.05) is 16.8 Å². The predicted molar refractivity (Wildman–Crippen MR) is 68.2 cm³/mol. The Morgan fingerprint density at radius 3 is 2.68 bits per heavy atom. The van der Waals surface area contributed by atoms with E-state index >= 15 is 0 Å². The smallest absolute Gasteiger partial charge is 0.408 e. The maximum atomic E-state index is 11.5. The Morgan fingerprint density at radius 1 is 1.63 bits per heavy atom. The number of carboxylic acids is 1. The van der Waals surface area contributed by atoms with Crippen molar-refractivity contribution in [1.29, 1.82) is 0 Å². The second kappa shape index (κ2) is 6.10. The predicted octanol–water partition coefficient (Wildman–Crippen LogP) is 1.70. The van der Waals surface area contributed by atoms with Gasteiger partial charge < -0.3 is 20.0 Å². The van der Waals surface area contributed by atoms with Crippen LogP contribution in [-0.2, 0) is 14.4 Å². The molecule has 0 radical (unpaired) electrons. The van der Waals surface area contributed by atoms with Crippen LogP contribution in [0.25, 0.3) is 0 Å². The van der Waals surface area contributed by atoms with E-state index in [0.717, 1.165) is 0 Å². The number of alkyl carbamates (subject to hydrolysis) is 1. The molecular formula is C11H17ClN2O5. The number of halogens is 1. The Morgan fingerprint density at radius 2 is 2.26 bits per heavy atom. The number of ether oxygens (including phenoxy) is 1. The van der Waals surface area contributed by atoms with E-state index < -0.39 is 29.8 Å². The standard InChI is InChI=1S/C11H17ClN2O5/c1-11(2,3)18-10(17)13-7(9(15)16)4-6-5-8(12)14-19-6/h6-7H,4-5H2,1-3H3,(H,13,17)(H,15,16)/t6-,7-/m0/s1. The number of nitrogens with zero attached hydrogens (tertiary/aromatic N) is 1. The van der Waals surface area contributed by atoms with Gasteiger partial charge in [0.1, 0.15) is 22.9 Å². The van der Waals surface area contributed by atoms with Crippen LogP contribution in [0.4, 0.5) is 4.79 Å². The van der Waals surface area contributed by atoms with Gasteiger partial charge in [-0.2, -0.15) is 0 Å². The van der Waals surface area contributed by atoms with Crippen LogP contribution in [0.1, 0.15) is 33.6 Å². The van der Waals surface area contributed by atoms with Crippen LogP contribution in [0.3, 0.4) is 0 Å². The van der Waals surface area contributed by atoms with Crippen molar-refractivity contribution < 1.29 is 24.3 Å². The molecule has 7 nitrogen and oxygen atoms in total. The summed E-state index contributed by atoms with van der Waals surface area (Å²) in [4.78, 5) is 27.5. The molecule has 2 atom stereocenters. The minimum atomic E-state index is -1.17. The number of amides is 1. The lowest BCUT2D eigenvalue weighted by Crippen LogP contribution is -2.45. The quantitative estimate of drug-likeness (QED) is 0.822. The Balaban J connectivity index is 2.50. The van der Waals surface area contributed by atoms with Crippen molar-refractivity contribution in [3.8, 4) is 0 Å². The van der Waals surface area contributed by atoms with Crippen molar-refractivity contribution in [2.24, 2.45) is 5.16 Å². The molecule has 1 aliphatic rings. The van der Waals surface area contributed by atoms with Crippen molar-refractivity contribution in [1.82, 2.24) is 5.32 Å². The first kappa shape index (κ1) is 15.6. The van der Waals surface area contributed by atoms with E-state index in [2.05, 4.69) is 10.5 Å². The van der Waals surface area contributed by atoms with Gasteiger partial charge in [0.05, 0.1) is 0 Å². The van der Waals surface area contributed by atoms with Gasteiger partial charge in [0.2, 0.25) is 0 Å². The highest BCUT2D eigenvalue weighted by Gasteiger charge is 2.30. The number of carbonyl (C=O) groups is 2. The van der Waals surface area contributed by atoms with Gasteiger partial charge in [-0.15, -0.1) is 0 Å². The number of hydrogen-bond donors (Lipinski definition) is 2. The molecule has 1 aliphatic heterocycles. The highest BCUT2D eigenvalue weighted by Crippen LogP contribution is 2.18. The molecule has 0 bridgehead atoms. The first-order chi connectivity index (χ1) is 8.67. The van der Waals surface area contributed by atoms with Gasteiger partial charge in [0, 0.05) is 12.8 Å². The zero-order chi connectivity index (χ0) is 14.6. The summed E-state index contributed by atoms with van der Waals surface area (Å²) in [6.07, 6.45) is -0.844. The van der Waals surface area contributed by atoms with Crippen LogP contribution in [0.5, 0.6) is 0 Å². The number of oxime groups is 1. The summed E-state index contributed by atoms with van der Waals surface area (Å²) in [5.41, 5.74) is -0.691. The molecule has 0 aliphatic carbocycles. The number of aliphatic carboxylic acids is 1. The van der Waals surface area contributed by atoms with Crippen LogP contribution in [0.15, 0.2) is 5.16 Å². The summed E-state index contributed by atoms with van der Waals surface area (Å²) >= 11 is 5.63. The highest BCUT2D eigenvalue weighted by atomic mass is 35.5. The van der Waals surface area contributed by atoms with E-state index in [9.17, 15) is 9.59 Å². The lowest BCUT2D eigenvalue weighted by Gasteiger charge is -2.22. The number of nitrogens with one attached hydrogen (secondary N) is 1. The summed E-state index contributed by atoms with van der Waals surface area (Å²) in [6.45, 7) is 5.07. The first-order valence-electron chi connectivity index (χ1n) is 5.78. The molecule has 0 aromatic rings. The fourth-order valence-electron chi connectivity index (χ4n) is 1.45. The molecule has 1 amide bonds. The zero-order valence-corrected chi connectivity index (χ0v) is 11.7. The first-order valence-corrected chi connectivity index (χ1v) is 6.15. The zero-order valence-electron chi connectivity index (χ0n) is 11.0. The lowest BCUT2D eigenvalue weighted by atomic mass is 10.1. The van der Waals surface area contributed by atoms with Crippen LogP contribution < -0.4 is 5.32 Å². The van der Waals surface area contributed by atoms with E-state index in [1.54, 1.807) is 20.8 Å². The van der Waals surface area contributed by atoms with Gasteiger partial charge in [-0.25, -0.2) is 9.59 Å². The highest BCUT2D eigenvalue weighted by molar-refractivity contribution is 6.65. The van der Waals surface area contributed by atoms with E-state index in [0.29, 0.717) is 6.42 Å². The number of carbonyl (C=O) groups excluding carboxylic acids is 1. The van der Waals surface area contributed by atoms with E-state index in [4.69, 9.17) is 26.3 Å². The molecule has 0 fully saturated rings. The maximum Gasteiger partial charge on any atom is 0.408 e. The summed E-state index contributed by atoms with van der Waals surface area (Å²) in [6, 6.07) is -1.11. The molecule has 108 valence electrons. The van der Waals surface area contributed by atoms with Gasteiger partial charge in [-0.05, 0) is 20.8 Å². The van der Waals surface area contributed by atoms with Gasteiger partial charge >= 0.3 is 12.1 Å². The summed E-state index contributed by atoms with van der Waals surface area (Å²) in [7, 11) is 0. The summed E-state index contributed by atoms with van der Waals surface area (Å²) < 4.78 is 5.00. The Bertz CT molecular complexity index is 391. The monoisotopic (exact) mass is 292 g/mol. The van der Waals surface area contributed by atoms with Gasteiger partial charge in [0.25, 0.3) is 0 Å². The molecule has 0 saturated carbocycles. The molecule has 0 saturated heterocycles. The van der Waals surface area contributed by atoms with E-state index in [1.165, 1.54) is 0 Å². The van der Waals surface area contributed by atoms with Crippen molar-refractivity contribution in [3.05, 3.63) is 0 Å². The average Bonchev–Trinajstić information content (AvgIpc) is 2.60. The molecule has 2 N–H and O–H groups in total. The van der Waals surface area contributed by atoms with Crippen molar-refractivity contribution in [2.45, 2.75) is 51.4 Å². The molecule has 0 aromatic heterocycles.